The lowest BCUT2D eigenvalue weighted by Crippen LogP contribution is -2.68. The summed E-state index contributed by atoms with van der Waals surface area (Å²) in [5, 5.41) is 11.5. The highest BCUT2D eigenvalue weighted by molar-refractivity contribution is 7.99. The van der Waals surface area contributed by atoms with Crippen LogP contribution >= 0.6 is 11.8 Å². The number of hydrogen-bond donors (Lipinski definition) is 2. The van der Waals surface area contributed by atoms with Gasteiger partial charge >= 0.3 is 5.96 Å². The first-order chi connectivity index (χ1) is 27.8. The summed E-state index contributed by atoms with van der Waals surface area (Å²) in [4.78, 5) is 0. The van der Waals surface area contributed by atoms with Crippen molar-refractivity contribution in [2.24, 2.45) is 46.3 Å². The van der Waals surface area contributed by atoms with E-state index in [0.717, 1.165) is 66.9 Å². The van der Waals surface area contributed by atoms with Gasteiger partial charge in [0, 0.05) is 23.8 Å². The van der Waals surface area contributed by atoms with Crippen LogP contribution in [-0.4, -0.2) is 61.6 Å². The minimum Gasteiger partial charge on any atom is -0.404 e. The van der Waals surface area contributed by atoms with Gasteiger partial charge in [0.15, 0.2) is 0 Å². The molecule has 4 nitrogen and oxygen atoms in total. The molecule has 0 amide bonds. The summed E-state index contributed by atoms with van der Waals surface area (Å²) in [7, 11) is -2.56. The molecule has 58 heavy (non-hydrogen) atoms. The zero-order valence-corrected chi connectivity index (χ0v) is 39.6. The third kappa shape index (κ3) is 8.19. The molecule has 4 aliphatic carbocycles. The average molecular weight is 823 g/mol. The molecular weight excluding hydrogens is 743 g/mol. The number of fused-ring (bicyclic) bond motifs is 5. The van der Waals surface area contributed by atoms with Gasteiger partial charge in [-0.2, -0.15) is 11.8 Å². The summed E-state index contributed by atoms with van der Waals surface area (Å²) < 4.78 is 9.95. The monoisotopic (exact) mass is 823 g/mol. The highest BCUT2D eigenvalue weighted by Crippen LogP contribution is 2.67. The van der Waals surface area contributed by atoms with E-state index in [1.165, 1.54) is 99.1 Å². The van der Waals surface area contributed by atoms with Crippen LogP contribution in [0, 0.1) is 46.3 Å². The maximum absolute atomic E-state index is 7.39. The van der Waals surface area contributed by atoms with Gasteiger partial charge in [-0.3, -0.25) is 15.2 Å². The Labute approximate surface area is 359 Å². The van der Waals surface area contributed by atoms with Crippen LogP contribution in [0.4, 0.5) is 0 Å². The SMILES string of the molecule is CC(C)CCC[C@@H](C)[C@H]1CC[C@H]2[C@@H]3CC=C4C[C@H](SC[C@@H]5CC[N+]6=C(N[C@H](CO[Si](c7ccccc7)(c7ccccc7)C(C)(C)C)CC6)N5)CC[C@]4(C)[C@H]3CC[C@]12C. The van der Waals surface area contributed by atoms with Crippen LogP contribution in [0.25, 0.3) is 0 Å². The molecule has 2 N–H and O–H groups in total. The van der Waals surface area contributed by atoms with Crippen LogP contribution < -0.4 is 21.0 Å². The van der Waals surface area contributed by atoms with E-state index >= 15 is 0 Å². The summed E-state index contributed by atoms with van der Waals surface area (Å²) in [6.45, 7) is 23.0. The molecule has 2 aliphatic heterocycles. The van der Waals surface area contributed by atoms with Crippen LogP contribution in [0.2, 0.25) is 5.04 Å². The molecule has 0 saturated heterocycles. The first-order valence-corrected chi connectivity index (χ1v) is 27.0. The second-order valence-corrected chi connectivity index (χ2v) is 27.7. The highest BCUT2D eigenvalue weighted by Gasteiger charge is 2.59. The number of nitrogens with one attached hydrogen (secondary N) is 2. The Morgan fingerprint density at radius 1 is 0.810 bits per heavy atom. The van der Waals surface area contributed by atoms with Crippen LogP contribution in [-0.2, 0) is 4.43 Å². The summed E-state index contributed by atoms with van der Waals surface area (Å²) >= 11 is 2.28. The molecule has 6 heteroatoms. The van der Waals surface area contributed by atoms with Gasteiger partial charge < -0.3 is 4.43 Å². The van der Waals surface area contributed by atoms with Crippen molar-refractivity contribution < 1.29 is 9.00 Å². The molecule has 318 valence electrons. The predicted octanol–water partition coefficient (Wildman–Crippen LogP) is 10.8. The van der Waals surface area contributed by atoms with E-state index in [0.29, 0.717) is 22.9 Å². The predicted molar refractivity (Wildman–Crippen MR) is 251 cm³/mol. The molecule has 2 aromatic carbocycles. The van der Waals surface area contributed by atoms with Gasteiger partial charge in [-0.1, -0.05) is 147 Å². The molecule has 6 aliphatic rings. The van der Waals surface area contributed by atoms with Gasteiger partial charge in [-0.25, -0.2) is 0 Å². The largest absolute Gasteiger partial charge is 0.404 e. The fourth-order valence-electron chi connectivity index (χ4n) is 14.0. The maximum Gasteiger partial charge on any atom is 0.346 e. The minimum absolute atomic E-state index is 0.0104. The molecule has 2 heterocycles. The summed E-state index contributed by atoms with van der Waals surface area (Å²) in [6, 6.07) is 23.1. The van der Waals surface area contributed by atoms with Crippen molar-refractivity contribution in [2.75, 3.05) is 25.4 Å². The van der Waals surface area contributed by atoms with Gasteiger partial charge in [0.2, 0.25) is 0 Å². The molecule has 0 unspecified atom stereocenters. The smallest absolute Gasteiger partial charge is 0.346 e. The zero-order chi connectivity index (χ0) is 40.7. The van der Waals surface area contributed by atoms with Crippen molar-refractivity contribution in [3.05, 3.63) is 72.3 Å². The first-order valence-electron chi connectivity index (χ1n) is 24.0. The number of nitrogens with zero attached hydrogens (tertiary/aromatic N) is 1. The quantitative estimate of drug-likeness (QED) is 0.120. The molecule has 3 saturated carbocycles. The van der Waals surface area contributed by atoms with Crippen LogP contribution in [0.3, 0.4) is 0 Å². The second kappa shape index (κ2) is 17.4. The van der Waals surface area contributed by atoms with Crippen LogP contribution in [0.1, 0.15) is 139 Å². The van der Waals surface area contributed by atoms with Crippen molar-refractivity contribution in [2.45, 2.75) is 161 Å². The molecule has 0 radical (unpaired) electrons. The number of benzene rings is 2. The fraction of sp³-hybridized carbons (Fsp3) is 0.712. The van der Waals surface area contributed by atoms with Crippen molar-refractivity contribution in [1.29, 1.82) is 0 Å². The Hall–Kier alpha value is -2.02. The van der Waals surface area contributed by atoms with Crippen molar-refractivity contribution in [3.8, 4) is 0 Å². The number of guanidine groups is 1. The van der Waals surface area contributed by atoms with Gasteiger partial charge in [0.1, 0.15) is 0 Å². The Morgan fingerprint density at radius 2 is 1.48 bits per heavy atom. The van der Waals surface area contributed by atoms with E-state index < -0.39 is 8.32 Å². The molecular formula is C52H80N3OSSi+. The van der Waals surface area contributed by atoms with Gasteiger partial charge in [-0.15, -0.1) is 0 Å². The van der Waals surface area contributed by atoms with Gasteiger partial charge in [0.25, 0.3) is 8.32 Å². The fourth-order valence-corrected chi connectivity index (χ4v) is 19.9. The van der Waals surface area contributed by atoms with E-state index in [2.05, 4.69) is 149 Å². The number of rotatable bonds is 13. The topological polar surface area (TPSA) is 36.3 Å². The van der Waals surface area contributed by atoms with E-state index in [9.17, 15) is 0 Å². The Bertz CT molecular complexity index is 1710. The van der Waals surface area contributed by atoms with Gasteiger partial charge in [-0.05, 0) is 113 Å². The highest BCUT2D eigenvalue weighted by atomic mass is 32.2. The van der Waals surface area contributed by atoms with E-state index in [-0.39, 0.29) is 5.04 Å². The molecule has 3 fully saturated rings. The Balaban J connectivity index is 0.856. The molecule has 0 aromatic heterocycles. The third-order valence-corrected chi connectivity index (χ3v) is 23.7. The van der Waals surface area contributed by atoms with Crippen molar-refractivity contribution >= 4 is 36.4 Å². The van der Waals surface area contributed by atoms with Crippen LogP contribution in [0.5, 0.6) is 0 Å². The summed E-state index contributed by atoms with van der Waals surface area (Å²) in [5.74, 6) is 7.95. The second-order valence-electron chi connectivity index (χ2n) is 22.1. The van der Waals surface area contributed by atoms with E-state index in [1.807, 2.05) is 5.57 Å². The van der Waals surface area contributed by atoms with Crippen LogP contribution in [0.15, 0.2) is 72.3 Å². The normalized spacial score (nSPS) is 34.2. The molecule has 2 aromatic rings. The lowest BCUT2D eigenvalue weighted by Gasteiger charge is -2.58. The van der Waals surface area contributed by atoms with E-state index in [1.54, 1.807) is 0 Å². The molecule has 0 bridgehead atoms. The zero-order valence-electron chi connectivity index (χ0n) is 37.8. The number of thioether (sulfide) groups is 1. The van der Waals surface area contributed by atoms with Crippen molar-refractivity contribution in [1.82, 2.24) is 10.6 Å². The Kier molecular flexibility index (Phi) is 12.8. The average Bonchev–Trinajstić information content (AvgIpc) is 3.57. The number of allylic oxidation sites excluding steroid dienone is 2. The molecule has 0 spiro atoms. The lowest BCUT2D eigenvalue weighted by molar-refractivity contribution is -0.542. The maximum atomic E-state index is 7.39. The van der Waals surface area contributed by atoms with E-state index in [4.69, 9.17) is 4.43 Å². The summed E-state index contributed by atoms with van der Waals surface area (Å²) in [6.07, 6.45) is 20.9. The third-order valence-electron chi connectivity index (χ3n) is 17.2. The standard InChI is InChI=1S/C52H79N3OSSi/c1-37(2)16-15-17-38(3)46-24-25-47-45-23-22-39-34-42(26-30-51(39,7)48(45)27-31-52(46,47)8)57-36-41-29-33-55-32-28-40(53-49(55)54-41)35-56-58(50(4,5)6,43-18-11-9-12-19-43)44-20-13-10-14-21-44/h9-14,18-22,37-38,40-42,45-48H,15-17,23-36H2,1-8H3,(H,53,54)/p+1/t38-,40+,41+,42-,45+,46-,47+,48+,51+,52-/m1/s1. The minimum atomic E-state index is -2.56. The van der Waals surface area contributed by atoms with Gasteiger partial charge in [0.05, 0.1) is 31.8 Å². The number of hydrogen-bond acceptors (Lipinski definition) is 4. The Morgan fingerprint density at radius 3 is 2.16 bits per heavy atom. The molecule has 10 atom stereocenters. The van der Waals surface area contributed by atoms with Crippen molar-refractivity contribution in [3.63, 3.8) is 0 Å². The summed E-state index contributed by atoms with van der Waals surface area (Å²) in [5.41, 5.74) is 2.88. The molecule has 8 rings (SSSR count). The lowest BCUT2D eigenvalue weighted by atomic mass is 9.47. The first kappa shape index (κ1) is 42.7.